The maximum Gasteiger partial charge on any atom is 0.233 e. The van der Waals surface area contributed by atoms with Gasteiger partial charge in [0.25, 0.3) is 0 Å². The number of carbonyl (C=O) groups excluding carboxylic acids is 1. The summed E-state index contributed by atoms with van der Waals surface area (Å²) in [5, 5.41) is 0.755. The SMILES string of the molecule is CCOc1ccc2nc(N(CCN(CC)CC)C(=O)Cc3ccc(C)cc3C)sc2c1. The minimum Gasteiger partial charge on any atom is -0.494 e. The maximum absolute atomic E-state index is 13.4. The van der Waals surface area contributed by atoms with Gasteiger partial charge in [0, 0.05) is 13.1 Å². The van der Waals surface area contributed by atoms with Crippen molar-refractivity contribution in [3.8, 4) is 5.75 Å². The van der Waals surface area contributed by atoms with Crippen LogP contribution < -0.4 is 9.64 Å². The van der Waals surface area contributed by atoms with E-state index in [4.69, 9.17) is 9.72 Å². The molecule has 1 aromatic heterocycles. The van der Waals surface area contributed by atoms with Gasteiger partial charge in [-0.3, -0.25) is 9.69 Å². The Bertz CT molecular complexity index is 1030. The Labute approximate surface area is 189 Å². The predicted octanol–water partition coefficient (Wildman–Crippen LogP) is 5.23. The standard InChI is InChI=1S/C25H33N3O2S/c1-6-27(7-2)13-14-28(24(29)16-20-10-9-18(4)15-19(20)5)25-26-22-12-11-21(30-8-3)17-23(22)31-25/h9-12,15,17H,6-8,13-14,16H2,1-5H3. The van der Waals surface area contributed by atoms with Gasteiger partial charge in [-0.25, -0.2) is 4.98 Å². The Morgan fingerprint density at radius 2 is 1.81 bits per heavy atom. The maximum atomic E-state index is 13.4. The summed E-state index contributed by atoms with van der Waals surface area (Å²) in [4.78, 5) is 22.4. The Morgan fingerprint density at radius 1 is 1.03 bits per heavy atom. The van der Waals surface area contributed by atoms with Gasteiger partial charge in [0.1, 0.15) is 5.75 Å². The highest BCUT2D eigenvalue weighted by Crippen LogP contribution is 2.32. The topological polar surface area (TPSA) is 45.7 Å². The van der Waals surface area contributed by atoms with Crippen LogP contribution in [0.25, 0.3) is 10.2 Å². The molecular formula is C25H33N3O2S. The molecule has 0 saturated carbocycles. The van der Waals surface area contributed by atoms with E-state index >= 15 is 0 Å². The van der Waals surface area contributed by atoms with Crippen molar-refractivity contribution in [2.24, 2.45) is 0 Å². The van der Waals surface area contributed by atoms with Crippen LogP contribution in [-0.4, -0.2) is 48.6 Å². The predicted molar refractivity (Wildman–Crippen MR) is 131 cm³/mol. The fourth-order valence-electron chi connectivity index (χ4n) is 3.68. The van der Waals surface area contributed by atoms with Gasteiger partial charge in [-0.2, -0.15) is 0 Å². The van der Waals surface area contributed by atoms with Crippen LogP contribution in [0, 0.1) is 13.8 Å². The van der Waals surface area contributed by atoms with Gasteiger partial charge in [-0.15, -0.1) is 0 Å². The van der Waals surface area contributed by atoms with Gasteiger partial charge in [0.2, 0.25) is 5.91 Å². The molecule has 0 atom stereocenters. The summed E-state index contributed by atoms with van der Waals surface area (Å²) >= 11 is 1.55. The summed E-state index contributed by atoms with van der Waals surface area (Å²) in [6, 6.07) is 12.2. The summed E-state index contributed by atoms with van der Waals surface area (Å²) < 4.78 is 6.67. The van der Waals surface area contributed by atoms with Gasteiger partial charge in [0.05, 0.1) is 23.2 Å². The number of hydrogen-bond donors (Lipinski definition) is 0. The molecule has 0 N–H and O–H groups in total. The number of fused-ring (bicyclic) bond motifs is 1. The van der Waals surface area contributed by atoms with E-state index in [9.17, 15) is 4.79 Å². The Balaban J connectivity index is 1.89. The molecule has 0 aliphatic rings. The van der Waals surface area contributed by atoms with Gasteiger partial charge in [-0.05, 0) is 63.2 Å². The molecule has 5 nitrogen and oxygen atoms in total. The lowest BCUT2D eigenvalue weighted by Gasteiger charge is -2.25. The molecule has 166 valence electrons. The highest BCUT2D eigenvalue weighted by atomic mass is 32.1. The van der Waals surface area contributed by atoms with Crippen molar-refractivity contribution in [2.45, 2.75) is 41.0 Å². The molecule has 0 fully saturated rings. The number of hydrogen-bond acceptors (Lipinski definition) is 5. The van der Waals surface area contributed by atoms with Gasteiger partial charge < -0.3 is 9.64 Å². The first-order valence-electron chi connectivity index (χ1n) is 11.1. The first kappa shape index (κ1) is 23.2. The zero-order chi connectivity index (χ0) is 22.4. The molecule has 3 rings (SSSR count). The summed E-state index contributed by atoms with van der Waals surface area (Å²) in [5.74, 6) is 0.921. The second-order valence-corrected chi connectivity index (χ2v) is 8.75. The van der Waals surface area contributed by atoms with Crippen LogP contribution in [0.1, 0.15) is 37.5 Å². The molecule has 2 aromatic carbocycles. The van der Waals surface area contributed by atoms with Crippen LogP contribution in [0.4, 0.5) is 5.13 Å². The first-order chi connectivity index (χ1) is 14.9. The molecule has 6 heteroatoms. The molecule has 1 amide bonds. The number of anilines is 1. The van der Waals surface area contributed by atoms with E-state index < -0.39 is 0 Å². The summed E-state index contributed by atoms with van der Waals surface area (Å²) in [6.45, 7) is 14.4. The fraction of sp³-hybridized carbons (Fsp3) is 0.440. The molecule has 0 saturated heterocycles. The fourth-order valence-corrected chi connectivity index (χ4v) is 4.71. The van der Waals surface area contributed by atoms with Crippen LogP contribution in [0.15, 0.2) is 36.4 Å². The lowest BCUT2D eigenvalue weighted by atomic mass is 10.0. The highest BCUT2D eigenvalue weighted by molar-refractivity contribution is 7.22. The minimum atomic E-state index is 0.0863. The smallest absolute Gasteiger partial charge is 0.233 e. The minimum absolute atomic E-state index is 0.0863. The number of amides is 1. The van der Waals surface area contributed by atoms with E-state index in [1.54, 1.807) is 11.3 Å². The Morgan fingerprint density at radius 3 is 2.48 bits per heavy atom. The zero-order valence-corrected chi connectivity index (χ0v) is 20.1. The van der Waals surface area contributed by atoms with E-state index in [0.29, 0.717) is 19.6 Å². The third-order valence-electron chi connectivity index (χ3n) is 5.57. The van der Waals surface area contributed by atoms with E-state index in [1.807, 2.05) is 30.0 Å². The Hall–Kier alpha value is -2.44. The second kappa shape index (κ2) is 10.7. The third kappa shape index (κ3) is 5.83. The van der Waals surface area contributed by atoms with Crippen molar-refractivity contribution in [3.05, 3.63) is 53.1 Å². The van der Waals surface area contributed by atoms with Gasteiger partial charge >= 0.3 is 0 Å². The normalized spacial score (nSPS) is 11.3. The van der Waals surface area contributed by atoms with Crippen molar-refractivity contribution in [1.82, 2.24) is 9.88 Å². The van der Waals surface area contributed by atoms with Gasteiger partial charge in [-0.1, -0.05) is 48.9 Å². The lowest BCUT2D eigenvalue weighted by Crippen LogP contribution is -2.39. The molecular weight excluding hydrogens is 406 g/mol. The molecule has 0 unspecified atom stereocenters. The largest absolute Gasteiger partial charge is 0.494 e. The van der Waals surface area contributed by atoms with Crippen LogP contribution in [0.3, 0.4) is 0 Å². The van der Waals surface area contributed by atoms with Crippen molar-refractivity contribution in [1.29, 1.82) is 0 Å². The zero-order valence-electron chi connectivity index (χ0n) is 19.3. The van der Waals surface area contributed by atoms with Crippen LogP contribution >= 0.6 is 11.3 Å². The number of ether oxygens (including phenoxy) is 1. The van der Waals surface area contributed by atoms with Gasteiger partial charge in [0.15, 0.2) is 5.13 Å². The van der Waals surface area contributed by atoms with E-state index in [1.165, 1.54) is 5.56 Å². The monoisotopic (exact) mass is 439 g/mol. The second-order valence-electron chi connectivity index (χ2n) is 7.74. The van der Waals surface area contributed by atoms with Crippen LogP contribution in [0.5, 0.6) is 5.75 Å². The third-order valence-corrected chi connectivity index (χ3v) is 6.61. The highest BCUT2D eigenvalue weighted by Gasteiger charge is 2.21. The Kier molecular flexibility index (Phi) is 8.04. The van der Waals surface area contributed by atoms with E-state index in [2.05, 4.69) is 50.8 Å². The number of carbonyl (C=O) groups is 1. The number of aromatic nitrogens is 1. The quantitative estimate of drug-likeness (QED) is 0.434. The molecule has 0 bridgehead atoms. The molecule has 31 heavy (non-hydrogen) atoms. The molecule has 1 heterocycles. The number of aryl methyl sites for hydroxylation is 2. The number of thiazole rings is 1. The van der Waals surface area contributed by atoms with E-state index in [0.717, 1.165) is 51.9 Å². The average Bonchev–Trinajstić information content (AvgIpc) is 3.16. The first-order valence-corrected chi connectivity index (χ1v) is 11.9. The number of nitrogens with zero attached hydrogens (tertiary/aromatic N) is 3. The van der Waals surface area contributed by atoms with Crippen LogP contribution in [0.2, 0.25) is 0 Å². The molecule has 0 aliphatic heterocycles. The van der Waals surface area contributed by atoms with Crippen LogP contribution in [-0.2, 0) is 11.2 Å². The molecule has 0 radical (unpaired) electrons. The van der Waals surface area contributed by atoms with Crippen molar-refractivity contribution in [2.75, 3.05) is 37.7 Å². The average molecular weight is 440 g/mol. The molecule has 3 aromatic rings. The summed E-state index contributed by atoms with van der Waals surface area (Å²) in [5.41, 5.74) is 4.34. The molecule has 0 aliphatic carbocycles. The van der Waals surface area contributed by atoms with E-state index in [-0.39, 0.29) is 5.91 Å². The van der Waals surface area contributed by atoms with Crippen molar-refractivity contribution >= 4 is 32.6 Å². The summed E-state index contributed by atoms with van der Waals surface area (Å²) in [7, 11) is 0. The molecule has 0 spiro atoms. The van der Waals surface area contributed by atoms with Crippen molar-refractivity contribution in [3.63, 3.8) is 0 Å². The number of rotatable bonds is 10. The number of benzene rings is 2. The number of likely N-dealkylation sites (N-methyl/N-ethyl adjacent to an activating group) is 1. The summed E-state index contributed by atoms with van der Waals surface area (Å²) in [6.07, 6.45) is 0.379. The lowest BCUT2D eigenvalue weighted by molar-refractivity contribution is -0.118. The van der Waals surface area contributed by atoms with Crippen molar-refractivity contribution < 1.29 is 9.53 Å².